The lowest BCUT2D eigenvalue weighted by molar-refractivity contribution is -0.492. The Bertz CT molecular complexity index is 640. The molecule has 1 aliphatic heterocycles. The van der Waals surface area contributed by atoms with Gasteiger partial charge >= 0.3 is 0 Å². The molecular formula is C15H18N2O3S3. The van der Waals surface area contributed by atoms with Crippen LogP contribution in [-0.2, 0) is 11.3 Å². The minimum atomic E-state index is -0.255. The Morgan fingerprint density at radius 3 is 2.57 bits per heavy atom. The molecule has 0 atom stereocenters. The van der Waals surface area contributed by atoms with Crippen molar-refractivity contribution >= 4 is 34.9 Å². The minimum absolute atomic E-state index is 0.199. The molecule has 124 valence electrons. The molecule has 0 radical (unpaired) electrons. The molecule has 2 N–H and O–H groups in total. The number of hydrogen-bond acceptors (Lipinski definition) is 8. The number of rotatable bonds is 6. The van der Waals surface area contributed by atoms with Gasteiger partial charge in [-0.3, -0.25) is 15.3 Å². The van der Waals surface area contributed by atoms with Gasteiger partial charge in [-0.25, -0.2) is 4.98 Å². The second-order valence-corrected chi connectivity index (χ2v) is 8.87. The number of aryl methyl sites for hydroxylation is 1. The van der Waals surface area contributed by atoms with Gasteiger partial charge in [0.15, 0.2) is 0 Å². The molecule has 5 nitrogen and oxygen atoms in total. The molecule has 3 rings (SSSR count). The van der Waals surface area contributed by atoms with E-state index in [1.807, 2.05) is 30.4 Å². The van der Waals surface area contributed by atoms with E-state index in [0.717, 1.165) is 21.1 Å². The molecule has 0 amide bonds. The quantitative estimate of drug-likeness (QED) is 0.740. The zero-order valence-corrected chi connectivity index (χ0v) is 15.1. The monoisotopic (exact) mass is 370 g/mol. The zero-order valence-electron chi connectivity index (χ0n) is 12.6. The summed E-state index contributed by atoms with van der Waals surface area (Å²) in [6.07, 6.45) is 0.592. The normalized spacial score (nSPS) is 15.7. The standard InChI is InChI=1S/C15H18N2O3S3/c1-10-13(6-7-20-17(18)19)23-14(16-10)11-2-4-12(5-3-11)15-21-8-9-22-15/h2-5,15,18-19H,6-9H2,1H3. The molecule has 0 bridgehead atoms. The lowest BCUT2D eigenvalue weighted by atomic mass is 10.1. The number of thioether (sulfide) groups is 2. The summed E-state index contributed by atoms with van der Waals surface area (Å²) in [5.41, 5.74) is 3.45. The van der Waals surface area contributed by atoms with Gasteiger partial charge in [-0.05, 0) is 12.5 Å². The largest absolute Gasteiger partial charge is 0.266 e. The van der Waals surface area contributed by atoms with E-state index >= 15 is 0 Å². The van der Waals surface area contributed by atoms with E-state index in [0.29, 0.717) is 11.0 Å². The van der Waals surface area contributed by atoms with Gasteiger partial charge in [0.25, 0.3) is 0 Å². The molecule has 1 fully saturated rings. The Balaban J connectivity index is 1.69. The first-order valence-electron chi connectivity index (χ1n) is 7.24. The third kappa shape index (κ3) is 4.48. The zero-order chi connectivity index (χ0) is 16.2. The van der Waals surface area contributed by atoms with Gasteiger partial charge in [0.1, 0.15) is 5.01 Å². The summed E-state index contributed by atoms with van der Waals surface area (Å²) in [6.45, 7) is 2.16. The van der Waals surface area contributed by atoms with Crippen molar-refractivity contribution in [2.24, 2.45) is 0 Å². The van der Waals surface area contributed by atoms with E-state index in [2.05, 4.69) is 34.1 Å². The first kappa shape index (κ1) is 17.2. The summed E-state index contributed by atoms with van der Waals surface area (Å²) in [5.74, 6) is 2.46. The maximum absolute atomic E-state index is 8.55. The van der Waals surface area contributed by atoms with Crippen LogP contribution in [0.1, 0.15) is 20.7 Å². The van der Waals surface area contributed by atoms with E-state index in [9.17, 15) is 0 Å². The summed E-state index contributed by atoms with van der Waals surface area (Å²) in [5, 5.41) is 17.8. The smallest absolute Gasteiger partial charge is 0.123 e. The van der Waals surface area contributed by atoms with E-state index in [1.54, 1.807) is 11.3 Å². The second kappa shape index (κ2) is 7.98. The van der Waals surface area contributed by atoms with Crippen LogP contribution in [0.3, 0.4) is 0 Å². The molecule has 1 aliphatic rings. The van der Waals surface area contributed by atoms with Gasteiger partial charge in [0, 0.05) is 28.4 Å². The van der Waals surface area contributed by atoms with Crippen LogP contribution < -0.4 is 0 Å². The first-order valence-corrected chi connectivity index (χ1v) is 10.2. The van der Waals surface area contributed by atoms with E-state index in [4.69, 9.17) is 10.4 Å². The molecule has 0 saturated carbocycles. The van der Waals surface area contributed by atoms with Crippen LogP contribution in [0.2, 0.25) is 0 Å². The first-order chi connectivity index (χ1) is 11.1. The third-order valence-corrected chi connectivity index (χ3v) is 7.85. The summed E-state index contributed by atoms with van der Waals surface area (Å²) < 4.78 is 0.565. The highest BCUT2D eigenvalue weighted by molar-refractivity contribution is 8.19. The van der Waals surface area contributed by atoms with Gasteiger partial charge in [-0.15, -0.1) is 34.9 Å². The van der Waals surface area contributed by atoms with Crippen molar-refractivity contribution < 1.29 is 15.3 Å². The lowest BCUT2D eigenvalue weighted by Gasteiger charge is -2.08. The van der Waals surface area contributed by atoms with Gasteiger partial charge < -0.3 is 0 Å². The maximum atomic E-state index is 8.55. The average Bonchev–Trinajstić information content (AvgIpc) is 3.18. The van der Waals surface area contributed by atoms with Crippen molar-refractivity contribution in [3.05, 3.63) is 40.4 Å². The van der Waals surface area contributed by atoms with Crippen LogP contribution >= 0.6 is 34.9 Å². The van der Waals surface area contributed by atoms with Gasteiger partial charge in [-0.1, -0.05) is 24.3 Å². The fourth-order valence-electron chi connectivity index (χ4n) is 2.34. The van der Waals surface area contributed by atoms with Crippen molar-refractivity contribution in [1.29, 1.82) is 0 Å². The van der Waals surface area contributed by atoms with Gasteiger partial charge in [-0.2, -0.15) is 0 Å². The van der Waals surface area contributed by atoms with Gasteiger partial charge in [0.05, 0.1) is 22.3 Å². The summed E-state index contributed by atoms with van der Waals surface area (Å²) in [4.78, 5) is 10.3. The van der Waals surface area contributed by atoms with Crippen molar-refractivity contribution in [2.75, 3.05) is 18.1 Å². The van der Waals surface area contributed by atoms with E-state index in [1.165, 1.54) is 17.1 Å². The average molecular weight is 371 g/mol. The summed E-state index contributed by atoms with van der Waals surface area (Å²) in [6, 6.07) is 8.66. The molecule has 1 aromatic heterocycles. The van der Waals surface area contributed by atoms with Crippen LogP contribution in [0.4, 0.5) is 0 Å². The number of nitrogens with zero attached hydrogens (tertiary/aromatic N) is 2. The Hall–Kier alpha value is -0.610. The maximum Gasteiger partial charge on any atom is 0.123 e. The Labute approximate surface area is 147 Å². The molecule has 1 saturated heterocycles. The molecule has 0 aliphatic carbocycles. The molecule has 2 aromatic rings. The van der Waals surface area contributed by atoms with Crippen molar-refractivity contribution in [3.8, 4) is 10.6 Å². The minimum Gasteiger partial charge on any atom is -0.266 e. The van der Waals surface area contributed by atoms with Crippen molar-refractivity contribution in [2.45, 2.75) is 17.9 Å². The fraction of sp³-hybridized carbons (Fsp3) is 0.400. The second-order valence-electron chi connectivity index (χ2n) is 5.06. The predicted molar refractivity (Wildman–Crippen MR) is 95.0 cm³/mol. The highest BCUT2D eigenvalue weighted by Gasteiger charge is 2.18. The Morgan fingerprint density at radius 2 is 1.91 bits per heavy atom. The number of hydrogen-bond donors (Lipinski definition) is 2. The fourth-order valence-corrected chi connectivity index (χ4v) is 6.25. The molecule has 23 heavy (non-hydrogen) atoms. The number of thiazole rings is 1. The molecule has 2 heterocycles. The summed E-state index contributed by atoms with van der Waals surface area (Å²) in [7, 11) is 0. The molecule has 1 aromatic carbocycles. The highest BCUT2D eigenvalue weighted by atomic mass is 32.2. The number of aromatic nitrogens is 1. The van der Waals surface area contributed by atoms with E-state index < -0.39 is 0 Å². The molecule has 0 unspecified atom stereocenters. The number of benzene rings is 1. The predicted octanol–water partition coefficient (Wildman–Crippen LogP) is 4.15. The molecular weight excluding hydrogens is 352 g/mol. The third-order valence-electron chi connectivity index (χ3n) is 3.48. The van der Waals surface area contributed by atoms with Crippen LogP contribution in [-0.4, -0.2) is 38.9 Å². The van der Waals surface area contributed by atoms with Crippen molar-refractivity contribution in [1.82, 2.24) is 10.4 Å². The lowest BCUT2D eigenvalue weighted by Crippen LogP contribution is -2.16. The van der Waals surface area contributed by atoms with Crippen LogP contribution in [0.5, 0.6) is 0 Å². The Kier molecular flexibility index (Phi) is 5.97. The van der Waals surface area contributed by atoms with Crippen LogP contribution in [0, 0.1) is 6.92 Å². The Morgan fingerprint density at radius 1 is 1.22 bits per heavy atom. The van der Waals surface area contributed by atoms with E-state index in [-0.39, 0.29) is 12.0 Å². The summed E-state index contributed by atoms with van der Waals surface area (Å²) >= 11 is 5.63. The van der Waals surface area contributed by atoms with Crippen LogP contribution in [0.15, 0.2) is 24.3 Å². The highest BCUT2D eigenvalue weighted by Crippen LogP contribution is 2.45. The SMILES string of the molecule is Cc1nc(-c2ccc(C3SCCS3)cc2)sc1CCON(O)O. The van der Waals surface area contributed by atoms with Gasteiger partial charge in [0.2, 0.25) is 0 Å². The molecule has 0 spiro atoms. The topological polar surface area (TPSA) is 65.8 Å². The molecule has 8 heteroatoms. The van der Waals surface area contributed by atoms with Crippen molar-refractivity contribution in [3.63, 3.8) is 0 Å². The van der Waals surface area contributed by atoms with Crippen LogP contribution in [0.25, 0.3) is 10.6 Å².